The number of hydrogen-bond donors (Lipinski definition) is 7. The van der Waals surface area contributed by atoms with Crippen molar-refractivity contribution in [3.8, 4) is 11.1 Å². The molecule has 4 aromatic carbocycles. The maximum absolute atomic E-state index is 14.6. The summed E-state index contributed by atoms with van der Waals surface area (Å²) < 4.78 is 5.43. The molecule has 330 valence electrons. The fourth-order valence-electron chi connectivity index (χ4n) is 7.30. The number of amides is 6. The van der Waals surface area contributed by atoms with E-state index < -0.39 is 59.6 Å². The molecule has 4 aromatic rings. The van der Waals surface area contributed by atoms with Crippen LogP contribution in [0.1, 0.15) is 42.4 Å². The van der Waals surface area contributed by atoms with E-state index in [4.69, 9.17) is 10.5 Å². The van der Waals surface area contributed by atoms with Gasteiger partial charge in [0.1, 0.15) is 24.2 Å². The Kier molecular flexibility index (Phi) is 17.5. The summed E-state index contributed by atoms with van der Waals surface area (Å²) in [5.41, 5.74) is 10.2. The molecule has 0 spiro atoms. The van der Waals surface area contributed by atoms with Crippen molar-refractivity contribution in [2.24, 2.45) is 5.73 Å². The number of benzene rings is 4. The molecule has 0 saturated heterocycles. The lowest BCUT2D eigenvalue weighted by Crippen LogP contribution is -2.59. The molecule has 3 heterocycles. The average molecular weight is 874 g/mol. The fraction of sp³-hybridized carbons (Fsp3) is 0.333. The highest BCUT2D eigenvalue weighted by atomic mass is 32.2. The Hall–Kier alpha value is -6.29. The summed E-state index contributed by atoms with van der Waals surface area (Å²) in [6.07, 6.45) is 2.86. The minimum absolute atomic E-state index is 0.00201. The quantitative estimate of drug-likeness (QED) is 0.0773. The Labute approximate surface area is 372 Å². The first-order valence-corrected chi connectivity index (χ1v) is 22.2. The van der Waals surface area contributed by atoms with Crippen LogP contribution < -0.4 is 37.6 Å². The van der Waals surface area contributed by atoms with E-state index in [0.717, 1.165) is 22.3 Å². The number of nitrogens with one attached hydrogen (secondary N) is 6. The maximum atomic E-state index is 14.6. The number of allylic oxidation sites excluding steroid dienone is 1. The maximum Gasteiger partial charge on any atom is 0.243 e. The highest BCUT2D eigenvalue weighted by Gasteiger charge is 2.33. The SMILES string of the molecule is NCCOCCNC(=O)[C@@H]1Cc2ccc(cc2)NC(=O)CCC(=O)N[C@H](CC2CC=CS2)C(=O)N[C@@H](Cc2ccc(-c3ccccc3)cc2)C(=O)N[C@H](Cc2ccccc2)C(=O)N1. The number of carbonyl (C=O) groups is 6. The highest BCUT2D eigenvalue weighted by molar-refractivity contribution is 8.03. The van der Waals surface area contributed by atoms with Gasteiger partial charge >= 0.3 is 0 Å². The lowest BCUT2D eigenvalue weighted by Gasteiger charge is -2.27. The van der Waals surface area contributed by atoms with Crippen molar-refractivity contribution in [3.05, 3.63) is 137 Å². The number of rotatable bonds is 13. The molecule has 63 heavy (non-hydrogen) atoms. The average Bonchev–Trinajstić information content (AvgIpc) is 3.82. The number of carbonyl (C=O) groups excluding carboxylic acids is 6. The molecular weight excluding hydrogens is 819 g/mol. The van der Waals surface area contributed by atoms with Crippen LogP contribution in [-0.2, 0) is 52.8 Å². The lowest BCUT2D eigenvalue weighted by atomic mass is 9.98. The molecular formula is C48H55N7O7S. The molecule has 15 heteroatoms. The van der Waals surface area contributed by atoms with Crippen molar-refractivity contribution < 1.29 is 33.5 Å². The molecule has 0 fully saturated rings. The van der Waals surface area contributed by atoms with Gasteiger partial charge in [0.15, 0.2) is 0 Å². The molecule has 3 aliphatic heterocycles. The first-order valence-electron chi connectivity index (χ1n) is 21.3. The van der Waals surface area contributed by atoms with E-state index in [1.807, 2.05) is 96.4 Å². The molecule has 0 saturated carbocycles. The van der Waals surface area contributed by atoms with Crippen LogP contribution >= 0.6 is 11.8 Å². The van der Waals surface area contributed by atoms with Crippen molar-refractivity contribution in [2.45, 2.75) is 74.4 Å². The number of hydrogen-bond acceptors (Lipinski definition) is 9. The minimum atomic E-state index is -1.19. The third-order valence-corrected chi connectivity index (χ3v) is 11.8. The molecule has 8 N–H and O–H groups in total. The molecule has 0 aliphatic carbocycles. The van der Waals surface area contributed by atoms with Gasteiger partial charge in [-0.25, -0.2) is 0 Å². The molecule has 7 rings (SSSR count). The molecule has 2 bridgehead atoms. The number of thioether (sulfide) groups is 1. The van der Waals surface area contributed by atoms with Crippen molar-refractivity contribution in [2.75, 3.05) is 31.6 Å². The van der Waals surface area contributed by atoms with Crippen LogP contribution in [0, 0.1) is 0 Å². The smallest absolute Gasteiger partial charge is 0.243 e. The second kappa shape index (κ2) is 23.8. The molecule has 14 nitrogen and oxygen atoms in total. The summed E-state index contributed by atoms with van der Waals surface area (Å²) in [6.45, 7) is 1.04. The molecule has 0 aromatic heterocycles. The summed E-state index contributed by atoms with van der Waals surface area (Å²) in [5, 5.41) is 19.1. The second-order valence-corrected chi connectivity index (χ2v) is 16.7. The minimum Gasteiger partial charge on any atom is -0.378 e. The van der Waals surface area contributed by atoms with E-state index in [9.17, 15) is 28.8 Å². The summed E-state index contributed by atoms with van der Waals surface area (Å²) >= 11 is 1.55. The Morgan fingerprint density at radius 3 is 1.92 bits per heavy atom. The number of ether oxygens (including phenoxy) is 1. The Morgan fingerprint density at radius 1 is 0.667 bits per heavy atom. The summed E-state index contributed by atoms with van der Waals surface area (Å²) in [6, 6.07) is 29.0. The third kappa shape index (κ3) is 14.7. The predicted octanol–water partition coefficient (Wildman–Crippen LogP) is 3.55. The first-order chi connectivity index (χ1) is 30.6. The van der Waals surface area contributed by atoms with Gasteiger partial charge in [-0.15, -0.1) is 11.8 Å². The van der Waals surface area contributed by atoms with E-state index in [-0.39, 0.29) is 56.9 Å². The van der Waals surface area contributed by atoms with E-state index in [1.165, 1.54) is 0 Å². The van der Waals surface area contributed by atoms with Crippen molar-refractivity contribution in [1.82, 2.24) is 26.6 Å². The van der Waals surface area contributed by atoms with E-state index >= 15 is 0 Å². The number of fused-ring (bicyclic) bond motifs is 18. The molecule has 5 atom stereocenters. The van der Waals surface area contributed by atoms with Crippen LogP contribution in [0.25, 0.3) is 11.1 Å². The lowest BCUT2D eigenvalue weighted by molar-refractivity contribution is -0.134. The third-order valence-electron chi connectivity index (χ3n) is 10.7. The van der Waals surface area contributed by atoms with Crippen LogP contribution in [0.3, 0.4) is 0 Å². The predicted molar refractivity (Wildman–Crippen MR) is 244 cm³/mol. The standard InChI is InChI=1S/C48H55N7O7S/c49-23-25-62-26-24-50-45(58)39-29-34-15-19-37(20-16-34)51-43(56)21-22-44(57)52-42(31-38-12-7-27-63-38)48(61)55-41(30-33-13-17-36(18-14-33)35-10-5-2-6-11-35)47(60)54-40(46(59)53-39)28-32-8-3-1-4-9-32/h1-11,13-20,27,38-42H,12,21-26,28-31,49H2,(H,50,58)(H,51,56)(H,52,57)(H,53,59)(H,54,60)(H,55,61)/t38?,39-,40+,41-,42+/m0/s1. The molecule has 0 radical (unpaired) electrons. The number of anilines is 1. The second-order valence-electron chi connectivity index (χ2n) is 15.5. The molecule has 1 unspecified atom stereocenters. The number of nitrogens with two attached hydrogens (primary N) is 1. The van der Waals surface area contributed by atoms with Crippen molar-refractivity contribution in [1.29, 1.82) is 0 Å². The van der Waals surface area contributed by atoms with Crippen LogP contribution in [-0.4, -0.2) is 91.2 Å². The van der Waals surface area contributed by atoms with Gasteiger partial charge in [-0.05, 0) is 58.2 Å². The van der Waals surface area contributed by atoms with Gasteiger partial charge in [0.05, 0.1) is 13.2 Å². The Bertz CT molecular complexity index is 2180. The summed E-state index contributed by atoms with van der Waals surface area (Å²) in [7, 11) is 0. The first kappa shape index (κ1) is 46.2. The van der Waals surface area contributed by atoms with Crippen LogP contribution in [0.4, 0.5) is 5.69 Å². The van der Waals surface area contributed by atoms with Gasteiger partial charge in [-0.3, -0.25) is 28.8 Å². The highest BCUT2D eigenvalue weighted by Crippen LogP contribution is 2.28. The van der Waals surface area contributed by atoms with Gasteiger partial charge < -0.3 is 42.4 Å². The van der Waals surface area contributed by atoms with Gasteiger partial charge in [0, 0.05) is 56.1 Å². The normalized spacial score (nSPS) is 21.3. The van der Waals surface area contributed by atoms with Crippen molar-refractivity contribution in [3.63, 3.8) is 0 Å². The van der Waals surface area contributed by atoms with Crippen molar-refractivity contribution >= 4 is 52.9 Å². The Balaban J connectivity index is 1.33. The van der Waals surface area contributed by atoms with Crippen LogP contribution in [0.2, 0.25) is 0 Å². The summed E-state index contributed by atoms with van der Waals surface area (Å²) in [5.74, 6) is -3.19. The largest absolute Gasteiger partial charge is 0.378 e. The Morgan fingerprint density at radius 2 is 1.27 bits per heavy atom. The van der Waals surface area contributed by atoms with Gasteiger partial charge in [0.2, 0.25) is 35.4 Å². The molecule has 6 amide bonds. The van der Waals surface area contributed by atoms with Crippen LogP contribution in [0.15, 0.2) is 121 Å². The van der Waals surface area contributed by atoms with Gasteiger partial charge in [-0.1, -0.05) is 103 Å². The summed E-state index contributed by atoms with van der Waals surface area (Å²) in [4.78, 5) is 83.5. The zero-order chi connectivity index (χ0) is 44.4. The topological polar surface area (TPSA) is 210 Å². The van der Waals surface area contributed by atoms with E-state index in [1.54, 1.807) is 36.0 Å². The fourth-order valence-corrected chi connectivity index (χ4v) is 8.27. The van der Waals surface area contributed by atoms with E-state index in [0.29, 0.717) is 30.8 Å². The van der Waals surface area contributed by atoms with Crippen LogP contribution in [0.5, 0.6) is 0 Å². The zero-order valence-corrected chi connectivity index (χ0v) is 35.9. The van der Waals surface area contributed by atoms with E-state index in [2.05, 4.69) is 31.9 Å². The molecule has 3 aliphatic rings. The zero-order valence-electron chi connectivity index (χ0n) is 35.1. The monoisotopic (exact) mass is 873 g/mol. The van der Waals surface area contributed by atoms with Gasteiger partial charge in [0.25, 0.3) is 0 Å². The van der Waals surface area contributed by atoms with Gasteiger partial charge in [-0.2, -0.15) is 0 Å².